The molecule has 2 heteroatoms. The lowest BCUT2D eigenvalue weighted by atomic mass is 9.81. The second kappa shape index (κ2) is 3.42. The van der Waals surface area contributed by atoms with Crippen LogP contribution >= 0.6 is 12.8 Å². The average molecular weight is 209 g/mol. The van der Waals surface area contributed by atoms with Crippen LogP contribution < -0.4 is 0 Å². The molecule has 0 bridgehead atoms. The van der Waals surface area contributed by atoms with Crippen LogP contribution in [0.1, 0.15) is 27.2 Å². The maximum absolute atomic E-state index is 4.34. The molecule has 0 spiro atoms. The van der Waals surface area contributed by atoms with E-state index in [2.05, 4.69) is 56.1 Å². The lowest BCUT2D eigenvalue weighted by Crippen LogP contribution is -2.14. The number of hydrogen-bond donors (Lipinski definition) is 1. The van der Waals surface area contributed by atoms with Crippen molar-refractivity contribution in [3.63, 3.8) is 0 Å². The Balaban J connectivity index is 1.98. The van der Waals surface area contributed by atoms with E-state index in [9.17, 15) is 0 Å². The van der Waals surface area contributed by atoms with Crippen molar-refractivity contribution in [2.75, 3.05) is 6.54 Å². The number of hydrogen-bond acceptors (Lipinski definition) is 2. The highest BCUT2D eigenvalue weighted by Crippen LogP contribution is 2.36. The largest absolute Gasteiger partial charge is 0.247 e. The van der Waals surface area contributed by atoms with Crippen molar-refractivity contribution in [2.45, 2.75) is 33.2 Å². The first kappa shape index (κ1) is 10.3. The van der Waals surface area contributed by atoms with E-state index < -0.39 is 0 Å². The Morgan fingerprint density at radius 2 is 2.07 bits per heavy atom. The van der Waals surface area contributed by atoms with Crippen molar-refractivity contribution in [3.8, 4) is 0 Å². The van der Waals surface area contributed by atoms with E-state index in [-0.39, 0.29) is 0 Å². The van der Waals surface area contributed by atoms with Crippen LogP contribution in [-0.2, 0) is 0 Å². The fraction of sp³-hybridized carbons (Fsp3) is 0.667. The molecular formula is C12H19NS. The van der Waals surface area contributed by atoms with Crippen molar-refractivity contribution >= 4 is 12.8 Å². The number of nitrogens with zero attached hydrogens (tertiary/aromatic N) is 1. The Hall–Kier alpha value is -0.210. The summed E-state index contributed by atoms with van der Waals surface area (Å²) in [5.74, 6) is 0.693. The van der Waals surface area contributed by atoms with E-state index in [1.807, 2.05) is 0 Å². The van der Waals surface area contributed by atoms with Crippen molar-refractivity contribution in [2.24, 2.45) is 11.3 Å². The minimum absolute atomic E-state index is 0.297. The van der Waals surface area contributed by atoms with Gasteiger partial charge in [0.1, 0.15) is 0 Å². The van der Waals surface area contributed by atoms with Gasteiger partial charge in [-0.15, -0.1) is 0 Å². The lowest BCUT2D eigenvalue weighted by molar-refractivity contribution is 0.499. The van der Waals surface area contributed by atoms with Gasteiger partial charge in [-0.25, -0.2) is 4.31 Å². The van der Waals surface area contributed by atoms with Crippen LogP contribution in [0.5, 0.6) is 0 Å². The van der Waals surface area contributed by atoms with Gasteiger partial charge in [-0.1, -0.05) is 51.8 Å². The summed E-state index contributed by atoms with van der Waals surface area (Å²) >= 11 is 4.34. The van der Waals surface area contributed by atoms with Crippen LogP contribution in [-0.4, -0.2) is 16.9 Å². The van der Waals surface area contributed by atoms with Crippen molar-refractivity contribution in [1.29, 1.82) is 0 Å². The van der Waals surface area contributed by atoms with E-state index in [0.29, 0.717) is 17.4 Å². The molecule has 2 aliphatic rings. The quantitative estimate of drug-likeness (QED) is 0.513. The summed E-state index contributed by atoms with van der Waals surface area (Å²) in [6.07, 6.45) is 8.24. The Kier molecular flexibility index (Phi) is 2.52. The average Bonchev–Trinajstić information content (AvgIpc) is 2.81. The third kappa shape index (κ3) is 2.06. The third-order valence-corrected chi connectivity index (χ3v) is 3.58. The molecule has 0 aromatic carbocycles. The minimum atomic E-state index is 0.297. The van der Waals surface area contributed by atoms with Crippen LogP contribution in [0.25, 0.3) is 0 Å². The first-order chi connectivity index (χ1) is 6.48. The Labute approximate surface area is 92.4 Å². The maximum atomic E-state index is 4.34. The minimum Gasteiger partial charge on any atom is -0.247 e. The highest BCUT2D eigenvalue weighted by atomic mass is 32.1. The van der Waals surface area contributed by atoms with Gasteiger partial charge in [0.25, 0.3) is 0 Å². The smallest absolute Gasteiger partial charge is 0.0403 e. The van der Waals surface area contributed by atoms with Crippen LogP contribution in [0.4, 0.5) is 0 Å². The number of rotatable bonds is 1. The monoisotopic (exact) mass is 209 g/mol. The molecule has 1 nitrogen and oxygen atoms in total. The summed E-state index contributed by atoms with van der Waals surface area (Å²) in [4.78, 5) is 0. The number of thiol groups is 1. The van der Waals surface area contributed by atoms with Crippen molar-refractivity contribution in [3.05, 3.63) is 23.8 Å². The van der Waals surface area contributed by atoms with Crippen LogP contribution in [0.3, 0.4) is 0 Å². The Morgan fingerprint density at radius 1 is 1.43 bits per heavy atom. The fourth-order valence-electron chi connectivity index (χ4n) is 1.98. The zero-order valence-electron chi connectivity index (χ0n) is 9.20. The molecule has 0 aromatic heterocycles. The van der Waals surface area contributed by atoms with Crippen LogP contribution in [0, 0.1) is 11.3 Å². The zero-order chi connectivity index (χ0) is 10.3. The molecular weight excluding hydrogens is 190 g/mol. The van der Waals surface area contributed by atoms with Gasteiger partial charge in [0, 0.05) is 12.6 Å². The molecule has 3 atom stereocenters. The summed E-state index contributed by atoms with van der Waals surface area (Å²) in [5.41, 5.74) is 1.77. The summed E-state index contributed by atoms with van der Waals surface area (Å²) in [6.45, 7) is 7.96. The SMILES string of the molecule is CC(C)(C)C1=CCC(C2CN2S)C=C1. The van der Waals surface area contributed by atoms with Crippen LogP contribution in [0.2, 0.25) is 0 Å². The summed E-state index contributed by atoms with van der Waals surface area (Å²) in [6, 6.07) is 0.687. The van der Waals surface area contributed by atoms with E-state index in [1.165, 1.54) is 12.0 Å². The first-order valence-electron chi connectivity index (χ1n) is 5.33. The van der Waals surface area contributed by atoms with Gasteiger partial charge < -0.3 is 0 Å². The van der Waals surface area contributed by atoms with E-state index in [4.69, 9.17) is 0 Å². The Bertz CT molecular complexity index is 285. The van der Waals surface area contributed by atoms with Gasteiger partial charge in [-0.05, 0) is 23.3 Å². The molecule has 1 aliphatic carbocycles. The van der Waals surface area contributed by atoms with Gasteiger partial charge >= 0.3 is 0 Å². The van der Waals surface area contributed by atoms with E-state index >= 15 is 0 Å². The van der Waals surface area contributed by atoms with Gasteiger partial charge in [-0.2, -0.15) is 0 Å². The molecule has 14 heavy (non-hydrogen) atoms. The van der Waals surface area contributed by atoms with Crippen LogP contribution in [0.15, 0.2) is 23.8 Å². The second-order valence-electron chi connectivity index (χ2n) is 5.36. The fourth-order valence-corrected chi connectivity index (χ4v) is 2.32. The molecule has 1 aliphatic heterocycles. The highest BCUT2D eigenvalue weighted by Gasteiger charge is 2.37. The molecule has 1 heterocycles. The lowest BCUT2D eigenvalue weighted by Gasteiger charge is -2.25. The summed E-state index contributed by atoms with van der Waals surface area (Å²) in [5, 5.41) is 0. The molecule has 3 unspecified atom stereocenters. The summed E-state index contributed by atoms with van der Waals surface area (Å²) in [7, 11) is 0. The molecule has 0 amide bonds. The van der Waals surface area contributed by atoms with Crippen molar-refractivity contribution < 1.29 is 0 Å². The third-order valence-electron chi connectivity index (χ3n) is 3.12. The normalized spacial score (nSPS) is 36.9. The first-order valence-corrected chi connectivity index (χ1v) is 5.73. The maximum Gasteiger partial charge on any atom is 0.0403 e. The molecule has 0 radical (unpaired) electrons. The van der Waals surface area contributed by atoms with E-state index in [0.717, 1.165) is 6.54 Å². The zero-order valence-corrected chi connectivity index (χ0v) is 10.1. The predicted molar refractivity (Wildman–Crippen MR) is 64.3 cm³/mol. The van der Waals surface area contributed by atoms with Crippen molar-refractivity contribution in [1.82, 2.24) is 4.31 Å². The molecule has 0 N–H and O–H groups in total. The highest BCUT2D eigenvalue weighted by molar-refractivity contribution is 7.78. The topological polar surface area (TPSA) is 3.01 Å². The summed E-state index contributed by atoms with van der Waals surface area (Å²) < 4.78 is 2.12. The van der Waals surface area contributed by atoms with E-state index in [1.54, 1.807) is 0 Å². The number of allylic oxidation sites excluding steroid dienone is 3. The molecule has 0 saturated carbocycles. The van der Waals surface area contributed by atoms with Gasteiger partial charge in [0.2, 0.25) is 0 Å². The second-order valence-corrected chi connectivity index (χ2v) is 5.87. The van der Waals surface area contributed by atoms with Gasteiger partial charge in [0.05, 0.1) is 0 Å². The molecule has 78 valence electrons. The molecule has 1 saturated heterocycles. The molecule has 2 rings (SSSR count). The molecule has 0 aromatic rings. The van der Waals surface area contributed by atoms with Gasteiger partial charge in [0.15, 0.2) is 0 Å². The molecule has 1 fully saturated rings. The van der Waals surface area contributed by atoms with Gasteiger partial charge in [-0.3, -0.25) is 0 Å². The standard InChI is InChI=1S/C12H19NS/c1-12(2,3)10-6-4-9(5-7-10)11-8-13(11)14/h4,6-7,9,11,14H,5,8H2,1-3H3. The Morgan fingerprint density at radius 3 is 2.43 bits per heavy atom. The predicted octanol–water partition coefficient (Wildman–Crippen LogP) is 3.06.